The molecule has 0 atom stereocenters. The van der Waals surface area contributed by atoms with Crippen LogP contribution >= 0.6 is 0 Å². The van der Waals surface area contributed by atoms with Gasteiger partial charge in [0.15, 0.2) is 0 Å². The van der Waals surface area contributed by atoms with Crippen LogP contribution in [0.3, 0.4) is 0 Å². The Bertz CT molecular complexity index is 207. The molecular formula is C11H17Cl2Zr. The normalized spacial score (nSPS) is 13.8. The van der Waals surface area contributed by atoms with Crippen LogP contribution in [0.25, 0.3) is 0 Å². The van der Waals surface area contributed by atoms with Gasteiger partial charge in [-0.1, -0.05) is 40.0 Å². The number of allylic oxidation sites excluding steroid dienone is 4. The van der Waals surface area contributed by atoms with E-state index in [-0.39, 0.29) is 51.0 Å². The molecule has 1 aliphatic rings. The fourth-order valence-corrected chi connectivity index (χ4v) is 1.78. The molecule has 0 amide bonds. The van der Waals surface area contributed by atoms with E-state index >= 15 is 0 Å². The van der Waals surface area contributed by atoms with Gasteiger partial charge in [-0.2, -0.15) is 11.1 Å². The van der Waals surface area contributed by atoms with Crippen molar-refractivity contribution in [2.45, 2.75) is 46.5 Å². The van der Waals surface area contributed by atoms with Gasteiger partial charge in [0.05, 0.1) is 0 Å². The summed E-state index contributed by atoms with van der Waals surface area (Å²) in [4.78, 5) is 0. The summed E-state index contributed by atoms with van der Waals surface area (Å²) in [6.07, 6.45) is 8.11. The van der Waals surface area contributed by atoms with Gasteiger partial charge in [-0.3, -0.25) is 6.08 Å². The summed E-state index contributed by atoms with van der Waals surface area (Å²) in [6.45, 7) is 6.70. The first-order valence-electron chi connectivity index (χ1n) is 4.64. The van der Waals surface area contributed by atoms with Gasteiger partial charge >= 0.3 is 26.2 Å². The molecule has 0 bridgehead atoms. The smallest absolute Gasteiger partial charge is 1.00 e. The number of rotatable bonds is 3. The van der Waals surface area contributed by atoms with Crippen LogP contribution in [0.15, 0.2) is 16.7 Å². The summed E-state index contributed by atoms with van der Waals surface area (Å²) in [7, 11) is 0. The van der Waals surface area contributed by atoms with Gasteiger partial charge in [0.25, 0.3) is 0 Å². The fourth-order valence-electron chi connectivity index (χ4n) is 1.78. The van der Waals surface area contributed by atoms with Crippen LogP contribution in [0.5, 0.6) is 0 Å². The molecule has 0 aromatic rings. The summed E-state index contributed by atoms with van der Waals surface area (Å²) in [6, 6.07) is 0. The Kier molecular flexibility index (Phi) is 15.2. The third-order valence-corrected chi connectivity index (χ3v) is 2.44. The predicted octanol–water partition coefficient (Wildman–Crippen LogP) is -2.35. The van der Waals surface area contributed by atoms with Crippen LogP contribution in [0.4, 0.5) is 0 Å². The summed E-state index contributed by atoms with van der Waals surface area (Å²) < 4.78 is 0. The minimum absolute atomic E-state index is 0. The van der Waals surface area contributed by atoms with E-state index < -0.39 is 0 Å². The molecule has 3 heteroatoms. The van der Waals surface area contributed by atoms with Gasteiger partial charge in [-0.05, 0) is 0 Å². The van der Waals surface area contributed by atoms with E-state index in [9.17, 15) is 0 Å². The molecule has 79 valence electrons. The molecule has 0 unspecified atom stereocenters. The predicted molar refractivity (Wildman–Crippen MR) is 49.3 cm³/mol. The molecule has 0 N–H and O–H groups in total. The van der Waals surface area contributed by atoms with Crippen LogP contribution in [-0.4, -0.2) is 0 Å². The molecular weight excluding hydrogens is 294 g/mol. The van der Waals surface area contributed by atoms with E-state index in [0.29, 0.717) is 0 Å². The van der Waals surface area contributed by atoms with Crippen molar-refractivity contribution in [2.75, 3.05) is 0 Å². The van der Waals surface area contributed by atoms with Gasteiger partial charge in [-0.25, -0.2) is 5.57 Å². The fraction of sp³-hybridized carbons (Fsp3) is 0.636. The third-order valence-electron chi connectivity index (χ3n) is 2.44. The van der Waals surface area contributed by atoms with E-state index in [0.717, 1.165) is 12.8 Å². The zero-order valence-corrected chi connectivity index (χ0v) is 13.1. The molecule has 1 rings (SSSR count). The Balaban J connectivity index is -0.000000403. The molecule has 0 fully saturated rings. The van der Waals surface area contributed by atoms with Gasteiger partial charge in [-0.15, -0.1) is 6.42 Å². The van der Waals surface area contributed by atoms with Gasteiger partial charge in [0, 0.05) is 0 Å². The summed E-state index contributed by atoms with van der Waals surface area (Å²) in [5.74, 6) is 0. The topological polar surface area (TPSA) is 0 Å². The standard InChI is InChI=1S/C11H17.2ClH.Zr/c1-4-9-7-8-10(5-2)11(9)6-3;;;/h4-7H2,1-3H3;2*1H;/q-1;;;+3/p-2. The zero-order chi connectivity index (χ0) is 8.27. The minimum atomic E-state index is 0. The molecule has 0 aromatic heterocycles. The van der Waals surface area contributed by atoms with Crippen LogP contribution in [0, 0.1) is 6.08 Å². The summed E-state index contributed by atoms with van der Waals surface area (Å²) in [5.41, 5.74) is 4.68. The maximum absolute atomic E-state index is 3.45. The van der Waals surface area contributed by atoms with E-state index in [1.807, 2.05) is 0 Å². The van der Waals surface area contributed by atoms with Crippen LogP contribution < -0.4 is 24.8 Å². The van der Waals surface area contributed by atoms with Crippen LogP contribution in [0.2, 0.25) is 0 Å². The Labute approximate surface area is 120 Å². The molecule has 0 heterocycles. The SMILES string of the molecule is CCC1=[C-]CC(CC)=C1CC.[Cl-].[Cl-].[Zr+3]. The quantitative estimate of drug-likeness (QED) is 0.512. The molecule has 0 nitrogen and oxygen atoms in total. The second-order valence-electron chi connectivity index (χ2n) is 2.97. The van der Waals surface area contributed by atoms with E-state index in [1.165, 1.54) is 18.4 Å². The third kappa shape index (κ3) is 4.64. The summed E-state index contributed by atoms with van der Waals surface area (Å²) >= 11 is 0. The number of halogens is 2. The largest absolute Gasteiger partial charge is 3.00 e. The van der Waals surface area contributed by atoms with Gasteiger partial charge in [0.2, 0.25) is 0 Å². The summed E-state index contributed by atoms with van der Waals surface area (Å²) in [5, 5.41) is 0. The first kappa shape index (κ1) is 20.4. The Hall–Kier alpha value is 0.943. The second-order valence-corrected chi connectivity index (χ2v) is 2.97. The molecule has 14 heavy (non-hydrogen) atoms. The van der Waals surface area contributed by atoms with Crippen molar-refractivity contribution >= 4 is 0 Å². The number of hydrogen-bond donors (Lipinski definition) is 0. The molecule has 0 saturated heterocycles. The van der Waals surface area contributed by atoms with Crippen LogP contribution in [0.1, 0.15) is 46.5 Å². The molecule has 1 radical (unpaired) electrons. The monoisotopic (exact) mass is 309 g/mol. The van der Waals surface area contributed by atoms with E-state index in [1.54, 1.807) is 11.1 Å². The molecule has 0 saturated carbocycles. The van der Waals surface area contributed by atoms with Crippen molar-refractivity contribution in [1.29, 1.82) is 0 Å². The molecule has 0 spiro atoms. The van der Waals surface area contributed by atoms with E-state index in [2.05, 4.69) is 26.8 Å². The van der Waals surface area contributed by atoms with Crippen LogP contribution in [-0.2, 0) is 26.2 Å². The first-order valence-corrected chi connectivity index (χ1v) is 4.64. The zero-order valence-electron chi connectivity index (χ0n) is 9.08. The van der Waals surface area contributed by atoms with Crippen molar-refractivity contribution in [3.05, 3.63) is 22.8 Å². The first-order chi connectivity index (χ1) is 5.33. The number of hydrogen-bond acceptors (Lipinski definition) is 0. The van der Waals surface area contributed by atoms with Crippen molar-refractivity contribution in [2.24, 2.45) is 0 Å². The van der Waals surface area contributed by atoms with Crippen molar-refractivity contribution in [3.8, 4) is 0 Å². The van der Waals surface area contributed by atoms with E-state index in [4.69, 9.17) is 0 Å². The Morgan fingerprint density at radius 1 is 1.00 bits per heavy atom. The van der Waals surface area contributed by atoms with Gasteiger partial charge < -0.3 is 24.8 Å². The minimum Gasteiger partial charge on any atom is -1.00 e. The Morgan fingerprint density at radius 2 is 1.57 bits per heavy atom. The van der Waals surface area contributed by atoms with Gasteiger partial charge in [0.1, 0.15) is 0 Å². The van der Waals surface area contributed by atoms with Crippen molar-refractivity contribution in [1.82, 2.24) is 0 Å². The molecule has 1 aliphatic carbocycles. The average molecular weight is 311 g/mol. The average Bonchev–Trinajstić information content (AvgIpc) is 2.45. The Morgan fingerprint density at radius 3 is 1.93 bits per heavy atom. The van der Waals surface area contributed by atoms with Crippen molar-refractivity contribution in [3.63, 3.8) is 0 Å². The second kappa shape index (κ2) is 10.5. The maximum Gasteiger partial charge on any atom is 3.00 e. The molecule has 0 aromatic carbocycles. The maximum atomic E-state index is 3.45. The van der Waals surface area contributed by atoms with Crippen molar-refractivity contribution < 1.29 is 51.0 Å². The molecule has 0 aliphatic heterocycles.